The summed E-state index contributed by atoms with van der Waals surface area (Å²) < 4.78 is 26.1. The highest BCUT2D eigenvalue weighted by Gasteiger charge is 2.11. The molecule has 1 amide bonds. The Morgan fingerprint density at radius 1 is 1.11 bits per heavy atom. The third-order valence-electron chi connectivity index (χ3n) is 2.51. The largest absolute Gasteiger partial charge is 0.298 e. The molecule has 98 valence electrons. The van der Waals surface area contributed by atoms with E-state index in [1.807, 2.05) is 25.1 Å². The zero-order valence-electron chi connectivity index (χ0n) is 10.2. The molecule has 2 aromatic rings. The molecule has 0 saturated carbocycles. The summed E-state index contributed by atoms with van der Waals surface area (Å²) >= 11 is 0. The summed E-state index contributed by atoms with van der Waals surface area (Å²) in [5, 5.41) is 0. The summed E-state index contributed by atoms with van der Waals surface area (Å²) in [7, 11) is 0. The van der Waals surface area contributed by atoms with Crippen LogP contribution in [0.3, 0.4) is 0 Å². The van der Waals surface area contributed by atoms with Gasteiger partial charge in [0.2, 0.25) is 0 Å². The van der Waals surface area contributed by atoms with Gasteiger partial charge in [-0.15, -0.1) is 0 Å². The molecule has 5 heteroatoms. The van der Waals surface area contributed by atoms with E-state index in [1.54, 1.807) is 6.07 Å². The van der Waals surface area contributed by atoms with E-state index in [-0.39, 0.29) is 5.56 Å². The van der Waals surface area contributed by atoms with Crippen molar-refractivity contribution in [3.8, 4) is 0 Å². The number of carbonyl (C=O) groups excluding carboxylic acids is 1. The Hall–Kier alpha value is -2.43. The maximum atomic E-state index is 13.4. The van der Waals surface area contributed by atoms with Gasteiger partial charge in [-0.2, -0.15) is 0 Å². The van der Waals surface area contributed by atoms with E-state index in [0.29, 0.717) is 11.8 Å². The zero-order valence-corrected chi connectivity index (χ0v) is 10.2. The van der Waals surface area contributed by atoms with Gasteiger partial charge >= 0.3 is 0 Å². The van der Waals surface area contributed by atoms with Crippen molar-refractivity contribution < 1.29 is 13.6 Å². The molecular formula is C14H12F2N2O. The van der Waals surface area contributed by atoms with Crippen LogP contribution in [-0.4, -0.2) is 5.91 Å². The number of benzene rings is 2. The Kier molecular flexibility index (Phi) is 3.75. The first-order chi connectivity index (χ1) is 9.06. The lowest BCUT2D eigenvalue weighted by molar-refractivity contribution is 0.0958. The fourth-order valence-electron chi connectivity index (χ4n) is 1.59. The Labute approximate surface area is 109 Å². The highest BCUT2D eigenvalue weighted by atomic mass is 19.1. The summed E-state index contributed by atoms with van der Waals surface area (Å²) in [4.78, 5) is 11.7. The van der Waals surface area contributed by atoms with E-state index in [0.717, 1.165) is 17.7 Å². The van der Waals surface area contributed by atoms with Gasteiger partial charge in [-0.25, -0.2) is 8.78 Å². The lowest BCUT2D eigenvalue weighted by Gasteiger charge is -2.09. The van der Waals surface area contributed by atoms with Crippen molar-refractivity contribution >= 4 is 11.6 Å². The first-order valence-corrected chi connectivity index (χ1v) is 5.64. The highest BCUT2D eigenvalue weighted by molar-refractivity contribution is 5.95. The Morgan fingerprint density at radius 3 is 2.58 bits per heavy atom. The van der Waals surface area contributed by atoms with Gasteiger partial charge in [-0.1, -0.05) is 12.1 Å². The molecule has 0 heterocycles. The fraction of sp³-hybridized carbons (Fsp3) is 0.0714. The highest BCUT2D eigenvalue weighted by Crippen LogP contribution is 2.11. The molecule has 0 aliphatic rings. The summed E-state index contributed by atoms with van der Waals surface area (Å²) in [6.07, 6.45) is 0. The van der Waals surface area contributed by atoms with Crippen molar-refractivity contribution in [1.29, 1.82) is 0 Å². The quantitative estimate of drug-likeness (QED) is 0.835. The maximum Gasteiger partial charge on any atom is 0.272 e. The van der Waals surface area contributed by atoms with Crippen LogP contribution in [0.5, 0.6) is 0 Å². The molecule has 0 spiro atoms. The van der Waals surface area contributed by atoms with Gasteiger partial charge in [0.15, 0.2) is 0 Å². The smallest absolute Gasteiger partial charge is 0.272 e. The molecule has 3 nitrogen and oxygen atoms in total. The summed E-state index contributed by atoms with van der Waals surface area (Å²) in [6.45, 7) is 1.91. The summed E-state index contributed by atoms with van der Waals surface area (Å²) in [5.74, 6) is -2.29. The lowest BCUT2D eigenvalue weighted by Crippen LogP contribution is -2.30. The molecule has 0 bridgehead atoms. The van der Waals surface area contributed by atoms with Gasteiger partial charge < -0.3 is 0 Å². The molecule has 2 N–H and O–H groups in total. The van der Waals surface area contributed by atoms with Crippen molar-refractivity contribution in [2.24, 2.45) is 0 Å². The third kappa shape index (κ3) is 3.28. The van der Waals surface area contributed by atoms with Crippen LogP contribution in [0.15, 0.2) is 42.5 Å². The number of hydrogen-bond acceptors (Lipinski definition) is 2. The van der Waals surface area contributed by atoms with Crippen LogP contribution in [0, 0.1) is 18.6 Å². The third-order valence-corrected chi connectivity index (χ3v) is 2.51. The minimum Gasteiger partial charge on any atom is -0.298 e. The van der Waals surface area contributed by atoms with Gasteiger partial charge in [0.05, 0.1) is 11.3 Å². The number of hydrogen-bond donors (Lipinski definition) is 2. The van der Waals surface area contributed by atoms with Crippen molar-refractivity contribution in [3.63, 3.8) is 0 Å². The summed E-state index contributed by atoms with van der Waals surface area (Å²) in [5.41, 5.74) is 6.49. The number of nitrogens with one attached hydrogen (secondary N) is 2. The Morgan fingerprint density at radius 2 is 1.89 bits per heavy atom. The van der Waals surface area contributed by atoms with Crippen molar-refractivity contribution in [1.82, 2.24) is 5.43 Å². The van der Waals surface area contributed by atoms with Crippen LogP contribution in [-0.2, 0) is 0 Å². The molecule has 0 aliphatic carbocycles. The second-order valence-electron chi connectivity index (χ2n) is 4.07. The van der Waals surface area contributed by atoms with Crippen LogP contribution in [0.25, 0.3) is 0 Å². The molecule has 2 aromatic carbocycles. The van der Waals surface area contributed by atoms with Crippen molar-refractivity contribution in [2.45, 2.75) is 6.92 Å². The maximum absolute atomic E-state index is 13.4. The van der Waals surface area contributed by atoms with E-state index in [4.69, 9.17) is 0 Å². The molecule has 19 heavy (non-hydrogen) atoms. The number of rotatable bonds is 3. The van der Waals surface area contributed by atoms with E-state index < -0.39 is 17.5 Å². The topological polar surface area (TPSA) is 41.1 Å². The molecular weight excluding hydrogens is 250 g/mol. The van der Waals surface area contributed by atoms with E-state index in [1.165, 1.54) is 0 Å². The number of aryl methyl sites for hydroxylation is 1. The molecule has 0 radical (unpaired) electrons. The average Bonchev–Trinajstić information content (AvgIpc) is 2.36. The molecule has 2 rings (SSSR count). The Bertz CT molecular complexity index is 614. The fourth-order valence-corrected chi connectivity index (χ4v) is 1.59. The second-order valence-corrected chi connectivity index (χ2v) is 4.07. The first kappa shape index (κ1) is 13.0. The lowest BCUT2D eigenvalue weighted by atomic mass is 10.2. The number of carbonyl (C=O) groups is 1. The van der Waals surface area contributed by atoms with E-state index in [9.17, 15) is 13.6 Å². The molecule has 0 fully saturated rings. The van der Waals surface area contributed by atoms with Crippen molar-refractivity contribution in [2.75, 3.05) is 5.43 Å². The second kappa shape index (κ2) is 5.48. The van der Waals surface area contributed by atoms with Crippen LogP contribution in [0.2, 0.25) is 0 Å². The first-order valence-electron chi connectivity index (χ1n) is 5.64. The van der Waals surface area contributed by atoms with Gasteiger partial charge in [0.25, 0.3) is 5.91 Å². The number of anilines is 1. The van der Waals surface area contributed by atoms with E-state index in [2.05, 4.69) is 10.9 Å². The number of hydrazine groups is 1. The molecule has 0 saturated heterocycles. The van der Waals surface area contributed by atoms with Gasteiger partial charge in [-0.05, 0) is 36.8 Å². The van der Waals surface area contributed by atoms with Gasteiger partial charge in [-0.3, -0.25) is 15.6 Å². The molecule has 0 aliphatic heterocycles. The van der Waals surface area contributed by atoms with Gasteiger partial charge in [0.1, 0.15) is 11.6 Å². The molecule has 0 unspecified atom stereocenters. The minimum atomic E-state index is -0.899. The summed E-state index contributed by atoms with van der Waals surface area (Å²) in [6, 6.07) is 10.1. The monoisotopic (exact) mass is 262 g/mol. The SMILES string of the molecule is Cc1cccc(NNC(=O)c2ccc(F)cc2F)c1. The van der Waals surface area contributed by atoms with Crippen LogP contribution < -0.4 is 10.9 Å². The Balaban J connectivity index is 2.05. The molecule has 0 atom stereocenters. The van der Waals surface area contributed by atoms with Crippen LogP contribution >= 0.6 is 0 Å². The predicted octanol–water partition coefficient (Wildman–Crippen LogP) is 3.03. The standard InChI is InChI=1S/C14H12F2N2O/c1-9-3-2-4-11(7-9)17-18-14(19)12-6-5-10(15)8-13(12)16/h2-8,17H,1H3,(H,18,19). The van der Waals surface area contributed by atoms with Crippen LogP contribution in [0.1, 0.15) is 15.9 Å². The number of halogens is 2. The zero-order chi connectivity index (χ0) is 13.8. The van der Waals surface area contributed by atoms with Gasteiger partial charge in [0, 0.05) is 6.07 Å². The van der Waals surface area contributed by atoms with E-state index >= 15 is 0 Å². The molecule has 0 aromatic heterocycles. The minimum absolute atomic E-state index is 0.221. The van der Waals surface area contributed by atoms with Crippen LogP contribution in [0.4, 0.5) is 14.5 Å². The van der Waals surface area contributed by atoms with Crippen molar-refractivity contribution in [3.05, 3.63) is 65.2 Å². The number of amides is 1. The predicted molar refractivity (Wildman–Crippen MR) is 68.6 cm³/mol. The normalized spacial score (nSPS) is 10.1. The average molecular weight is 262 g/mol.